The lowest BCUT2D eigenvalue weighted by molar-refractivity contribution is 0.587. The number of nitrogens with zero attached hydrogens (tertiary/aromatic N) is 2. The van der Waals surface area contributed by atoms with E-state index in [4.69, 9.17) is 5.73 Å². The van der Waals surface area contributed by atoms with E-state index in [-0.39, 0.29) is 11.6 Å². The van der Waals surface area contributed by atoms with Crippen LogP contribution in [0, 0.1) is 0 Å². The first-order valence-corrected chi connectivity index (χ1v) is 6.96. The van der Waals surface area contributed by atoms with Crippen LogP contribution < -0.4 is 11.3 Å². The molecule has 0 radical (unpaired) electrons. The molecular weight excluding hydrogens is 250 g/mol. The predicted octanol–water partition coefficient (Wildman–Crippen LogP) is 2.43. The molecule has 0 saturated carbocycles. The summed E-state index contributed by atoms with van der Waals surface area (Å²) in [5, 5.41) is 4.30. The van der Waals surface area contributed by atoms with Crippen molar-refractivity contribution in [2.75, 3.05) is 0 Å². The minimum absolute atomic E-state index is 0.0985. The number of aromatic nitrogens is 2. The molecule has 4 nitrogen and oxygen atoms in total. The fourth-order valence-electron chi connectivity index (χ4n) is 2.12. The van der Waals surface area contributed by atoms with Gasteiger partial charge in [-0.05, 0) is 30.0 Å². The number of hydrogen-bond donors (Lipinski definition) is 1. The van der Waals surface area contributed by atoms with E-state index in [2.05, 4.69) is 31.1 Å². The molecule has 1 aromatic carbocycles. The van der Waals surface area contributed by atoms with Gasteiger partial charge in [0.25, 0.3) is 5.56 Å². The quantitative estimate of drug-likeness (QED) is 0.929. The third-order valence-corrected chi connectivity index (χ3v) is 3.47. The number of aryl methyl sites for hydroxylation is 1. The second-order valence-electron chi connectivity index (χ2n) is 5.21. The van der Waals surface area contributed by atoms with Crippen LogP contribution in [-0.2, 0) is 6.54 Å². The van der Waals surface area contributed by atoms with Crippen LogP contribution in [0.1, 0.15) is 49.6 Å². The van der Waals surface area contributed by atoms with E-state index >= 15 is 0 Å². The minimum atomic E-state index is -0.311. The molecule has 1 aromatic heterocycles. The van der Waals surface area contributed by atoms with Crippen molar-refractivity contribution >= 4 is 0 Å². The molecule has 0 fully saturated rings. The Balaban J connectivity index is 2.30. The van der Waals surface area contributed by atoms with Crippen molar-refractivity contribution in [3.63, 3.8) is 0 Å². The molecule has 1 heterocycles. The van der Waals surface area contributed by atoms with Gasteiger partial charge in [0.15, 0.2) is 0 Å². The monoisotopic (exact) mass is 271 g/mol. The van der Waals surface area contributed by atoms with Gasteiger partial charge in [-0.15, -0.1) is 0 Å². The zero-order chi connectivity index (χ0) is 14.7. The van der Waals surface area contributed by atoms with Gasteiger partial charge in [-0.1, -0.05) is 38.1 Å². The van der Waals surface area contributed by atoms with Gasteiger partial charge in [0, 0.05) is 12.6 Å². The first kappa shape index (κ1) is 14.5. The van der Waals surface area contributed by atoms with E-state index in [1.54, 1.807) is 6.07 Å². The molecule has 4 heteroatoms. The Morgan fingerprint density at radius 1 is 1.10 bits per heavy atom. The number of rotatable bonds is 4. The Kier molecular flexibility index (Phi) is 4.35. The van der Waals surface area contributed by atoms with Crippen LogP contribution in [0.15, 0.2) is 41.2 Å². The normalized spacial score (nSPS) is 12.7. The summed E-state index contributed by atoms with van der Waals surface area (Å²) in [6, 6.07) is 11.2. The van der Waals surface area contributed by atoms with Gasteiger partial charge in [0.05, 0.1) is 11.7 Å². The molecule has 0 saturated heterocycles. The molecule has 1 atom stereocenters. The molecule has 2 N–H and O–H groups in total. The van der Waals surface area contributed by atoms with Crippen LogP contribution in [0.3, 0.4) is 0 Å². The van der Waals surface area contributed by atoms with E-state index in [1.165, 1.54) is 16.3 Å². The molecule has 0 spiro atoms. The highest BCUT2D eigenvalue weighted by atomic mass is 16.1. The zero-order valence-corrected chi connectivity index (χ0v) is 12.2. The predicted molar refractivity (Wildman–Crippen MR) is 80.7 cm³/mol. The average Bonchev–Trinajstić information content (AvgIpc) is 2.47. The molecular formula is C16H21N3O. The number of nitrogens with two attached hydrogens (primary N) is 1. The highest BCUT2D eigenvalue weighted by Crippen LogP contribution is 2.20. The Labute approximate surface area is 119 Å². The number of benzene rings is 1. The van der Waals surface area contributed by atoms with Gasteiger partial charge < -0.3 is 5.73 Å². The standard InChI is InChI=1S/C16H21N3O/c1-4-19-15(20)10-9-14(18-19)16(17)13-7-5-12(6-8-13)11(2)3/h5-11,16H,4,17H2,1-3H3. The largest absolute Gasteiger partial charge is 0.319 e. The van der Waals surface area contributed by atoms with Crippen LogP contribution in [0.25, 0.3) is 0 Å². The third-order valence-electron chi connectivity index (χ3n) is 3.47. The minimum Gasteiger partial charge on any atom is -0.319 e. The summed E-state index contributed by atoms with van der Waals surface area (Å²) in [4.78, 5) is 11.5. The summed E-state index contributed by atoms with van der Waals surface area (Å²) in [7, 11) is 0. The van der Waals surface area contributed by atoms with Crippen LogP contribution >= 0.6 is 0 Å². The maximum absolute atomic E-state index is 11.5. The zero-order valence-electron chi connectivity index (χ0n) is 12.2. The second kappa shape index (κ2) is 6.01. The molecule has 2 rings (SSSR count). The summed E-state index contributed by atoms with van der Waals surface area (Å²) >= 11 is 0. The molecule has 0 aliphatic heterocycles. The molecule has 0 bridgehead atoms. The Hall–Kier alpha value is -1.94. The van der Waals surface area contributed by atoms with Crippen molar-refractivity contribution in [2.24, 2.45) is 5.73 Å². The molecule has 1 unspecified atom stereocenters. The first-order valence-electron chi connectivity index (χ1n) is 6.96. The van der Waals surface area contributed by atoms with Crippen LogP contribution in [0.4, 0.5) is 0 Å². The lowest BCUT2D eigenvalue weighted by Crippen LogP contribution is -2.25. The maximum atomic E-state index is 11.5. The molecule has 0 amide bonds. The molecule has 0 aliphatic rings. The van der Waals surface area contributed by atoms with Gasteiger partial charge in [-0.2, -0.15) is 5.10 Å². The van der Waals surface area contributed by atoms with Crippen LogP contribution in [0.5, 0.6) is 0 Å². The molecule has 106 valence electrons. The SMILES string of the molecule is CCn1nc(C(N)c2ccc(C(C)C)cc2)ccc1=O. The maximum Gasteiger partial charge on any atom is 0.266 e. The fourth-order valence-corrected chi connectivity index (χ4v) is 2.12. The summed E-state index contributed by atoms with van der Waals surface area (Å²) in [5.41, 5.74) is 9.14. The third kappa shape index (κ3) is 2.96. The fraction of sp³-hybridized carbons (Fsp3) is 0.375. The van der Waals surface area contributed by atoms with Crippen molar-refractivity contribution in [1.82, 2.24) is 9.78 Å². The van der Waals surface area contributed by atoms with E-state index in [1.807, 2.05) is 19.1 Å². The molecule has 0 aliphatic carbocycles. The topological polar surface area (TPSA) is 60.9 Å². The van der Waals surface area contributed by atoms with Crippen molar-refractivity contribution in [3.05, 3.63) is 63.6 Å². The van der Waals surface area contributed by atoms with Gasteiger partial charge in [-0.25, -0.2) is 4.68 Å². The Bertz CT molecular complexity index is 629. The van der Waals surface area contributed by atoms with E-state index in [0.29, 0.717) is 18.2 Å². The van der Waals surface area contributed by atoms with Gasteiger partial charge >= 0.3 is 0 Å². The van der Waals surface area contributed by atoms with Crippen molar-refractivity contribution in [3.8, 4) is 0 Å². The summed E-state index contributed by atoms with van der Waals surface area (Å²) < 4.78 is 1.43. The summed E-state index contributed by atoms with van der Waals surface area (Å²) in [6.07, 6.45) is 0. The van der Waals surface area contributed by atoms with E-state index < -0.39 is 0 Å². The average molecular weight is 271 g/mol. The van der Waals surface area contributed by atoms with Crippen molar-refractivity contribution in [2.45, 2.75) is 39.3 Å². The van der Waals surface area contributed by atoms with Crippen molar-refractivity contribution in [1.29, 1.82) is 0 Å². The summed E-state index contributed by atoms with van der Waals surface area (Å²) in [6.45, 7) is 6.76. The van der Waals surface area contributed by atoms with Crippen LogP contribution in [0.2, 0.25) is 0 Å². The van der Waals surface area contributed by atoms with Crippen LogP contribution in [-0.4, -0.2) is 9.78 Å². The molecule has 2 aromatic rings. The van der Waals surface area contributed by atoms with E-state index in [9.17, 15) is 4.79 Å². The summed E-state index contributed by atoms with van der Waals surface area (Å²) in [5.74, 6) is 0.500. The Morgan fingerprint density at radius 2 is 1.70 bits per heavy atom. The van der Waals surface area contributed by atoms with Gasteiger partial charge in [-0.3, -0.25) is 4.79 Å². The molecule has 20 heavy (non-hydrogen) atoms. The van der Waals surface area contributed by atoms with Gasteiger partial charge in [0.1, 0.15) is 0 Å². The first-order chi connectivity index (χ1) is 9.52. The lowest BCUT2D eigenvalue weighted by atomic mass is 9.98. The highest BCUT2D eigenvalue weighted by Gasteiger charge is 2.12. The van der Waals surface area contributed by atoms with Gasteiger partial charge in [0.2, 0.25) is 0 Å². The van der Waals surface area contributed by atoms with E-state index in [0.717, 1.165) is 5.56 Å². The van der Waals surface area contributed by atoms with Crippen molar-refractivity contribution < 1.29 is 0 Å². The Morgan fingerprint density at radius 3 is 2.25 bits per heavy atom. The smallest absolute Gasteiger partial charge is 0.266 e. The lowest BCUT2D eigenvalue weighted by Gasteiger charge is -2.14. The number of hydrogen-bond acceptors (Lipinski definition) is 3. The second-order valence-corrected chi connectivity index (χ2v) is 5.21. The highest BCUT2D eigenvalue weighted by molar-refractivity contribution is 5.30.